The highest BCUT2D eigenvalue weighted by atomic mass is 15.0. The third-order valence-corrected chi connectivity index (χ3v) is 11.7. The van der Waals surface area contributed by atoms with E-state index in [1.54, 1.807) is 0 Å². The Balaban J connectivity index is 1.24. The van der Waals surface area contributed by atoms with Crippen LogP contribution in [0.15, 0.2) is 146 Å². The van der Waals surface area contributed by atoms with Crippen LogP contribution in [0.1, 0.15) is 51.7 Å². The van der Waals surface area contributed by atoms with Gasteiger partial charge in [-0.15, -0.1) is 0 Å². The van der Waals surface area contributed by atoms with Crippen molar-refractivity contribution < 1.29 is 0 Å². The SMILES string of the molecule is CC1(C)CCC(C)(C)c2c1ccc1c2c2ccccc2n1-c1ccc(-c2nc(-c3ccccc3)nc(-c3cccc4ccccc34)n2)c2ccccc12. The zero-order valence-corrected chi connectivity index (χ0v) is 30.6. The number of nitrogens with zero attached hydrogens (tertiary/aromatic N) is 4. The van der Waals surface area contributed by atoms with E-state index in [1.165, 1.54) is 45.8 Å². The summed E-state index contributed by atoms with van der Waals surface area (Å²) in [5.41, 5.74) is 9.73. The van der Waals surface area contributed by atoms with Crippen molar-refractivity contribution in [2.45, 2.75) is 51.4 Å². The van der Waals surface area contributed by atoms with Crippen molar-refractivity contribution in [3.8, 4) is 39.9 Å². The summed E-state index contributed by atoms with van der Waals surface area (Å²) < 4.78 is 2.49. The highest BCUT2D eigenvalue weighted by molar-refractivity contribution is 6.13. The molecule has 4 heteroatoms. The summed E-state index contributed by atoms with van der Waals surface area (Å²) in [6, 6.07) is 51.9. The quantitative estimate of drug-likeness (QED) is 0.185. The van der Waals surface area contributed by atoms with Crippen molar-refractivity contribution in [1.82, 2.24) is 19.5 Å². The molecule has 0 saturated carbocycles. The molecule has 0 atom stereocenters. The van der Waals surface area contributed by atoms with Gasteiger partial charge in [0.25, 0.3) is 0 Å². The topological polar surface area (TPSA) is 43.6 Å². The van der Waals surface area contributed by atoms with E-state index >= 15 is 0 Å². The third kappa shape index (κ3) is 4.93. The minimum absolute atomic E-state index is 0.0716. The fourth-order valence-corrected chi connectivity index (χ4v) is 8.90. The zero-order valence-electron chi connectivity index (χ0n) is 30.6. The van der Waals surface area contributed by atoms with Gasteiger partial charge in [-0.2, -0.15) is 0 Å². The molecule has 2 aromatic heterocycles. The van der Waals surface area contributed by atoms with Gasteiger partial charge in [-0.3, -0.25) is 0 Å². The highest BCUT2D eigenvalue weighted by Crippen LogP contribution is 2.51. The molecule has 10 rings (SSSR count). The first kappa shape index (κ1) is 31.6. The van der Waals surface area contributed by atoms with E-state index < -0.39 is 0 Å². The van der Waals surface area contributed by atoms with Gasteiger partial charge in [0.1, 0.15) is 0 Å². The van der Waals surface area contributed by atoms with Crippen molar-refractivity contribution in [3.05, 3.63) is 157 Å². The van der Waals surface area contributed by atoms with Gasteiger partial charge >= 0.3 is 0 Å². The van der Waals surface area contributed by atoms with Crippen molar-refractivity contribution in [1.29, 1.82) is 0 Å². The van der Waals surface area contributed by atoms with Gasteiger partial charge in [0.2, 0.25) is 0 Å². The van der Waals surface area contributed by atoms with Crippen molar-refractivity contribution >= 4 is 43.4 Å². The predicted molar refractivity (Wildman–Crippen MR) is 221 cm³/mol. The van der Waals surface area contributed by atoms with E-state index in [0.717, 1.165) is 43.9 Å². The maximum atomic E-state index is 5.24. The van der Waals surface area contributed by atoms with Crippen molar-refractivity contribution in [2.24, 2.45) is 0 Å². The van der Waals surface area contributed by atoms with Crippen LogP contribution in [0.25, 0.3) is 83.2 Å². The van der Waals surface area contributed by atoms with Gasteiger partial charge in [0, 0.05) is 32.8 Å². The molecule has 1 aliphatic rings. The van der Waals surface area contributed by atoms with Crippen LogP contribution in [0.3, 0.4) is 0 Å². The van der Waals surface area contributed by atoms with Crippen LogP contribution in [0, 0.1) is 0 Å². The van der Waals surface area contributed by atoms with E-state index in [0.29, 0.717) is 17.5 Å². The van der Waals surface area contributed by atoms with Gasteiger partial charge in [-0.25, -0.2) is 15.0 Å². The Morgan fingerprint density at radius 3 is 1.85 bits per heavy atom. The molecule has 1 aliphatic carbocycles. The molecule has 0 spiro atoms. The number of fused-ring (bicyclic) bond motifs is 7. The molecule has 0 radical (unpaired) electrons. The van der Waals surface area contributed by atoms with Crippen molar-refractivity contribution in [3.63, 3.8) is 0 Å². The summed E-state index contributed by atoms with van der Waals surface area (Å²) in [6.45, 7) is 9.69. The van der Waals surface area contributed by atoms with Gasteiger partial charge < -0.3 is 4.57 Å². The molecule has 0 unspecified atom stereocenters. The molecule has 0 bridgehead atoms. The number of para-hydroxylation sites is 1. The lowest BCUT2D eigenvalue weighted by Gasteiger charge is -2.42. The first-order chi connectivity index (χ1) is 25.8. The fraction of sp³-hybridized carbons (Fsp3) is 0.163. The second kappa shape index (κ2) is 11.7. The lowest BCUT2D eigenvalue weighted by atomic mass is 9.62. The van der Waals surface area contributed by atoms with Crippen LogP contribution in [-0.2, 0) is 10.8 Å². The Bertz CT molecular complexity index is 2890. The van der Waals surface area contributed by atoms with Gasteiger partial charge in [0.15, 0.2) is 17.5 Å². The zero-order chi connectivity index (χ0) is 35.9. The van der Waals surface area contributed by atoms with Crippen LogP contribution < -0.4 is 0 Å². The molecule has 0 fully saturated rings. The van der Waals surface area contributed by atoms with E-state index in [-0.39, 0.29) is 10.8 Å². The average molecular weight is 685 g/mol. The Morgan fingerprint density at radius 2 is 1.06 bits per heavy atom. The molecule has 7 aromatic carbocycles. The van der Waals surface area contributed by atoms with Gasteiger partial charge in [-0.05, 0) is 75.2 Å². The second-order valence-electron chi connectivity index (χ2n) is 15.9. The number of aromatic nitrogens is 4. The maximum absolute atomic E-state index is 5.24. The molecule has 0 saturated heterocycles. The monoisotopic (exact) mass is 684 g/mol. The Kier molecular flexibility index (Phi) is 6.97. The summed E-state index contributed by atoms with van der Waals surface area (Å²) in [5, 5.41) is 7.22. The third-order valence-electron chi connectivity index (χ3n) is 11.7. The first-order valence-corrected chi connectivity index (χ1v) is 18.7. The van der Waals surface area contributed by atoms with E-state index in [4.69, 9.17) is 15.0 Å². The summed E-state index contributed by atoms with van der Waals surface area (Å²) in [7, 11) is 0. The minimum Gasteiger partial charge on any atom is -0.309 e. The Labute approximate surface area is 309 Å². The summed E-state index contributed by atoms with van der Waals surface area (Å²) >= 11 is 0. The molecule has 4 nitrogen and oxygen atoms in total. The first-order valence-electron chi connectivity index (χ1n) is 18.7. The standard InChI is InChI=1S/C49H40N4/c1-48(2)29-30-49(3,4)44-39(48)26-28-42-43(44)38-22-12-13-24-40(38)53(42)41-27-25-37(34-20-10-11-21-35(34)41)47-51-45(32-16-6-5-7-17-32)50-46(52-47)36-23-14-18-31-15-8-9-19-33(31)36/h5-28H,29-30H2,1-4H3. The van der Waals surface area contributed by atoms with Crippen LogP contribution in [0.5, 0.6) is 0 Å². The molecule has 256 valence electrons. The number of rotatable bonds is 4. The number of benzene rings is 7. The van der Waals surface area contributed by atoms with Gasteiger partial charge in [0.05, 0.1) is 16.7 Å². The molecule has 9 aromatic rings. The van der Waals surface area contributed by atoms with E-state index in [1.807, 2.05) is 18.2 Å². The Hall–Kier alpha value is -6.13. The smallest absolute Gasteiger partial charge is 0.164 e. The molecule has 53 heavy (non-hydrogen) atoms. The maximum Gasteiger partial charge on any atom is 0.164 e. The second-order valence-corrected chi connectivity index (χ2v) is 15.9. The molecule has 2 heterocycles. The van der Waals surface area contributed by atoms with Crippen LogP contribution in [0.4, 0.5) is 0 Å². The molecular formula is C49H40N4. The summed E-state index contributed by atoms with van der Waals surface area (Å²) in [4.78, 5) is 15.5. The van der Waals surface area contributed by atoms with Crippen LogP contribution in [0.2, 0.25) is 0 Å². The molecule has 0 aliphatic heterocycles. The largest absolute Gasteiger partial charge is 0.309 e. The summed E-state index contributed by atoms with van der Waals surface area (Å²) in [6.07, 6.45) is 2.36. The Morgan fingerprint density at radius 1 is 0.453 bits per heavy atom. The molecular weight excluding hydrogens is 645 g/mol. The number of hydrogen-bond donors (Lipinski definition) is 0. The molecule has 0 N–H and O–H groups in total. The molecule has 0 amide bonds. The average Bonchev–Trinajstić information content (AvgIpc) is 3.53. The lowest BCUT2D eigenvalue weighted by molar-refractivity contribution is 0.334. The normalized spacial score (nSPS) is 14.9. The summed E-state index contributed by atoms with van der Waals surface area (Å²) in [5.74, 6) is 1.98. The fourth-order valence-electron chi connectivity index (χ4n) is 8.90. The van der Waals surface area contributed by atoms with E-state index in [9.17, 15) is 0 Å². The van der Waals surface area contributed by atoms with Crippen LogP contribution >= 0.6 is 0 Å². The van der Waals surface area contributed by atoms with Gasteiger partial charge in [-0.1, -0.05) is 149 Å². The van der Waals surface area contributed by atoms with Crippen LogP contribution in [-0.4, -0.2) is 19.5 Å². The number of hydrogen-bond acceptors (Lipinski definition) is 3. The predicted octanol–water partition coefficient (Wildman–Crippen LogP) is 12.6. The lowest BCUT2D eigenvalue weighted by Crippen LogP contribution is -2.34. The van der Waals surface area contributed by atoms with E-state index in [2.05, 4.69) is 160 Å². The highest BCUT2D eigenvalue weighted by Gasteiger charge is 2.39. The van der Waals surface area contributed by atoms with Crippen molar-refractivity contribution in [2.75, 3.05) is 0 Å². The minimum atomic E-state index is 0.0716.